The molecule has 1 aromatic heterocycles. The molecule has 1 aromatic carbocycles. The van der Waals surface area contributed by atoms with Crippen LogP contribution in [0.25, 0.3) is 10.9 Å². The van der Waals surface area contributed by atoms with Gasteiger partial charge in [0, 0.05) is 37.4 Å². The molecule has 8 nitrogen and oxygen atoms in total. The molecule has 2 aromatic rings. The molecule has 5 rings (SSSR count). The lowest BCUT2D eigenvalue weighted by Gasteiger charge is -2.31. The quantitative estimate of drug-likeness (QED) is 0.687. The number of likely N-dealkylation sites (tertiary alicyclic amines) is 1. The number of carbonyl (C=O) groups is 2. The van der Waals surface area contributed by atoms with Crippen molar-refractivity contribution in [2.45, 2.75) is 44.7 Å². The lowest BCUT2D eigenvalue weighted by molar-refractivity contribution is -0.133. The third-order valence-electron chi connectivity index (χ3n) is 7.14. The third-order valence-corrected chi connectivity index (χ3v) is 7.14. The van der Waals surface area contributed by atoms with E-state index < -0.39 is 12.1 Å². The number of ether oxygens (including phenoxy) is 1. The van der Waals surface area contributed by atoms with Crippen LogP contribution in [0, 0.1) is 5.92 Å². The zero-order chi connectivity index (χ0) is 23.3. The van der Waals surface area contributed by atoms with E-state index in [-0.39, 0.29) is 11.8 Å². The number of H-pyrrole nitrogens is 1. The number of amides is 2. The molecule has 1 unspecified atom stereocenters. The molecule has 2 atom stereocenters. The maximum Gasteiger partial charge on any atom is 0.407 e. The zero-order valence-corrected chi connectivity index (χ0v) is 19.5. The van der Waals surface area contributed by atoms with Crippen LogP contribution in [0.2, 0.25) is 0 Å². The van der Waals surface area contributed by atoms with Gasteiger partial charge in [0.15, 0.2) is 0 Å². The van der Waals surface area contributed by atoms with Gasteiger partial charge in [-0.2, -0.15) is 5.10 Å². The molecule has 0 bridgehead atoms. The summed E-state index contributed by atoms with van der Waals surface area (Å²) in [5, 5.41) is 11.1. The van der Waals surface area contributed by atoms with Gasteiger partial charge in [-0.05, 0) is 49.5 Å². The number of carbonyl (C=O) groups excluding carboxylic acids is 2. The lowest BCUT2D eigenvalue weighted by atomic mass is 9.99. The van der Waals surface area contributed by atoms with Crippen LogP contribution in [-0.4, -0.2) is 70.8 Å². The molecule has 0 spiro atoms. The second kappa shape index (κ2) is 10.4. The highest BCUT2D eigenvalue weighted by atomic mass is 16.5. The average molecular weight is 464 g/mol. The molecule has 1 aliphatic carbocycles. The highest BCUT2D eigenvalue weighted by Gasteiger charge is 2.32. The van der Waals surface area contributed by atoms with E-state index >= 15 is 0 Å². The Labute approximate surface area is 200 Å². The Morgan fingerprint density at radius 2 is 2.06 bits per heavy atom. The first-order valence-corrected chi connectivity index (χ1v) is 12.4. The first-order valence-electron chi connectivity index (χ1n) is 12.4. The number of allylic oxidation sites excluding steroid dienone is 3. The van der Waals surface area contributed by atoms with Gasteiger partial charge >= 0.3 is 6.09 Å². The number of alkyl carbamates (subject to hydrolysis) is 1. The van der Waals surface area contributed by atoms with Gasteiger partial charge in [-0.25, -0.2) is 4.79 Å². The van der Waals surface area contributed by atoms with Crippen molar-refractivity contribution in [3.63, 3.8) is 0 Å². The van der Waals surface area contributed by atoms with E-state index in [0.29, 0.717) is 26.1 Å². The SMILES string of the molecule is O=C(N[C@@H]1Cc2ccc3[nH]ncc3c2CN(CCN2CCCCC2)C1=O)OCC1C=CC=CC1. The van der Waals surface area contributed by atoms with Crippen molar-refractivity contribution in [1.29, 1.82) is 0 Å². The monoisotopic (exact) mass is 463 g/mol. The van der Waals surface area contributed by atoms with Gasteiger partial charge in [-0.1, -0.05) is 36.8 Å². The molecule has 180 valence electrons. The zero-order valence-electron chi connectivity index (χ0n) is 19.5. The molecule has 1 fully saturated rings. The average Bonchev–Trinajstić information content (AvgIpc) is 3.31. The normalized spacial score (nSPS) is 23.1. The van der Waals surface area contributed by atoms with Gasteiger partial charge in [0.1, 0.15) is 6.04 Å². The number of nitrogens with one attached hydrogen (secondary N) is 2. The molecular weight excluding hydrogens is 430 g/mol. The topological polar surface area (TPSA) is 90.6 Å². The van der Waals surface area contributed by atoms with Gasteiger partial charge in [-0.15, -0.1) is 0 Å². The summed E-state index contributed by atoms with van der Waals surface area (Å²) in [6, 6.07) is 3.38. The molecule has 8 heteroatoms. The predicted octanol–water partition coefficient (Wildman–Crippen LogP) is 3.16. The second-order valence-electron chi connectivity index (χ2n) is 9.50. The maximum atomic E-state index is 13.6. The number of piperidine rings is 1. The lowest BCUT2D eigenvalue weighted by Crippen LogP contribution is -2.50. The molecule has 3 heterocycles. The Kier molecular flexibility index (Phi) is 6.94. The van der Waals surface area contributed by atoms with Crippen LogP contribution in [-0.2, 0) is 22.5 Å². The number of hydrogen-bond acceptors (Lipinski definition) is 5. The first kappa shape index (κ1) is 22.7. The molecule has 0 radical (unpaired) electrons. The fourth-order valence-electron chi connectivity index (χ4n) is 5.16. The van der Waals surface area contributed by atoms with E-state index in [1.54, 1.807) is 0 Å². The van der Waals surface area contributed by atoms with Gasteiger partial charge in [0.2, 0.25) is 5.91 Å². The number of nitrogens with zero attached hydrogens (tertiary/aromatic N) is 3. The Morgan fingerprint density at radius 3 is 2.88 bits per heavy atom. The molecular formula is C26H33N5O3. The van der Waals surface area contributed by atoms with Gasteiger partial charge in [-0.3, -0.25) is 9.89 Å². The number of aromatic nitrogens is 2. The smallest absolute Gasteiger partial charge is 0.407 e. The molecule has 2 aliphatic heterocycles. The molecule has 2 amide bonds. The summed E-state index contributed by atoms with van der Waals surface area (Å²) in [5.74, 6) is 0.124. The number of hydrogen-bond donors (Lipinski definition) is 2. The minimum Gasteiger partial charge on any atom is -0.449 e. The standard InChI is InChI=1S/C26H33N5O3/c32-25-24(28-26(33)34-18-19-7-3-1-4-8-19)15-20-9-10-23-21(16-27-29-23)22(20)17-31(25)14-13-30-11-5-2-6-12-30/h1,3-4,7,9-10,16,19,24H,2,5-6,8,11-15,17-18H2,(H,27,29)(H,28,33)/t19?,24-/m1/s1. The van der Waals surface area contributed by atoms with Crippen molar-refractivity contribution in [1.82, 2.24) is 25.3 Å². The van der Waals surface area contributed by atoms with E-state index in [1.807, 2.05) is 41.5 Å². The summed E-state index contributed by atoms with van der Waals surface area (Å²) in [4.78, 5) is 30.6. The van der Waals surface area contributed by atoms with E-state index in [2.05, 4.69) is 26.5 Å². The van der Waals surface area contributed by atoms with Crippen molar-refractivity contribution < 1.29 is 14.3 Å². The van der Waals surface area contributed by atoms with Gasteiger partial charge in [0.25, 0.3) is 0 Å². The molecule has 2 N–H and O–H groups in total. The van der Waals surface area contributed by atoms with Crippen LogP contribution in [0.3, 0.4) is 0 Å². The van der Waals surface area contributed by atoms with Crippen LogP contribution in [0.15, 0.2) is 42.6 Å². The van der Waals surface area contributed by atoms with E-state index in [9.17, 15) is 9.59 Å². The minimum atomic E-state index is -0.652. The molecule has 34 heavy (non-hydrogen) atoms. The fraction of sp³-hybridized carbons (Fsp3) is 0.500. The highest BCUT2D eigenvalue weighted by Crippen LogP contribution is 2.27. The second-order valence-corrected chi connectivity index (χ2v) is 9.50. The van der Waals surface area contributed by atoms with Crippen molar-refractivity contribution in [3.05, 3.63) is 53.8 Å². The Morgan fingerprint density at radius 1 is 1.18 bits per heavy atom. The van der Waals surface area contributed by atoms with Crippen LogP contribution in [0.4, 0.5) is 4.79 Å². The van der Waals surface area contributed by atoms with E-state index in [1.165, 1.54) is 19.3 Å². The van der Waals surface area contributed by atoms with Crippen LogP contribution >= 0.6 is 0 Å². The number of fused-ring (bicyclic) bond motifs is 3. The number of aromatic amines is 1. The summed E-state index contributed by atoms with van der Waals surface area (Å²) in [7, 11) is 0. The Balaban J connectivity index is 1.31. The van der Waals surface area contributed by atoms with Crippen LogP contribution in [0.5, 0.6) is 0 Å². The fourth-order valence-corrected chi connectivity index (χ4v) is 5.16. The summed E-state index contributed by atoms with van der Waals surface area (Å²) >= 11 is 0. The Bertz CT molecular complexity index is 1090. The summed E-state index contributed by atoms with van der Waals surface area (Å²) in [6.07, 6.45) is 14.4. The van der Waals surface area contributed by atoms with Crippen LogP contribution < -0.4 is 5.32 Å². The summed E-state index contributed by atoms with van der Waals surface area (Å²) in [6.45, 7) is 4.48. The maximum absolute atomic E-state index is 13.6. The van der Waals surface area contributed by atoms with Crippen molar-refractivity contribution >= 4 is 22.9 Å². The van der Waals surface area contributed by atoms with Gasteiger partial charge in [0.05, 0.1) is 18.3 Å². The predicted molar refractivity (Wildman–Crippen MR) is 130 cm³/mol. The first-order chi connectivity index (χ1) is 16.7. The molecule has 0 saturated carbocycles. The van der Waals surface area contributed by atoms with Crippen molar-refractivity contribution in [2.75, 3.05) is 32.8 Å². The summed E-state index contributed by atoms with van der Waals surface area (Å²) in [5.41, 5.74) is 3.13. The van der Waals surface area contributed by atoms with Crippen molar-refractivity contribution in [2.24, 2.45) is 5.92 Å². The third kappa shape index (κ3) is 5.17. The number of rotatable bonds is 6. The van der Waals surface area contributed by atoms with E-state index in [0.717, 1.165) is 48.1 Å². The van der Waals surface area contributed by atoms with E-state index in [4.69, 9.17) is 4.74 Å². The van der Waals surface area contributed by atoms with Gasteiger partial charge < -0.3 is 19.9 Å². The summed E-state index contributed by atoms with van der Waals surface area (Å²) < 4.78 is 5.48. The highest BCUT2D eigenvalue weighted by molar-refractivity contribution is 5.89. The largest absolute Gasteiger partial charge is 0.449 e. The molecule has 1 saturated heterocycles. The molecule has 3 aliphatic rings. The van der Waals surface area contributed by atoms with Crippen molar-refractivity contribution in [3.8, 4) is 0 Å². The minimum absolute atomic E-state index is 0.0534. The Hall–Kier alpha value is -3.13. The number of benzene rings is 1. The van der Waals surface area contributed by atoms with Crippen LogP contribution in [0.1, 0.15) is 36.8 Å².